The molecule has 0 bridgehead atoms. The van der Waals surface area contributed by atoms with Crippen molar-refractivity contribution >= 4 is 21.7 Å². The molecular weight excluding hydrogens is 242 g/mol. The van der Waals surface area contributed by atoms with Crippen LogP contribution in [-0.2, 0) is 6.54 Å². The fraction of sp³-hybridized carbons (Fsp3) is 0.500. The minimum atomic E-state index is 0.652. The van der Waals surface area contributed by atoms with Crippen molar-refractivity contribution in [2.75, 3.05) is 12.4 Å². The van der Waals surface area contributed by atoms with Crippen molar-refractivity contribution in [2.24, 2.45) is 0 Å². The van der Waals surface area contributed by atoms with Gasteiger partial charge < -0.3 is 10.6 Å². The van der Waals surface area contributed by atoms with Crippen molar-refractivity contribution in [1.29, 1.82) is 0 Å². The number of hydrogen-bond donors (Lipinski definition) is 2. The SMILES string of the molecule is CNCc1cc(Br)cnc1NC1CC1. The van der Waals surface area contributed by atoms with Crippen molar-refractivity contribution in [3.05, 3.63) is 22.3 Å². The van der Waals surface area contributed by atoms with Gasteiger partial charge in [0.25, 0.3) is 0 Å². The first kappa shape index (κ1) is 9.93. The predicted molar refractivity (Wildman–Crippen MR) is 61.3 cm³/mol. The molecule has 0 atom stereocenters. The molecular formula is C10H14BrN3. The maximum absolute atomic E-state index is 4.38. The summed E-state index contributed by atoms with van der Waals surface area (Å²) >= 11 is 3.43. The minimum absolute atomic E-state index is 0.652. The van der Waals surface area contributed by atoms with E-state index in [9.17, 15) is 0 Å². The third-order valence-electron chi connectivity index (χ3n) is 2.22. The van der Waals surface area contributed by atoms with Crippen molar-refractivity contribution < 1.29 is 0 Å². The van der Waals surface area contributed by atoms with Gasteiger partial charge in [-0.1, -0.05) is 0 Å². The van der Waals surface area contributed by atoms with Crippen molar-refractivity contribution in [1.82, 2.24) is 10.3 Å². The Morgan fingerprint density at radius 2 is 2.36 bits per heavy atom. The quantitative estimate of drug-likeness (QED) is 0.866. The van der Waals surface area contributed by atoms with E-state index in [-0.39, 0.29) is 0 Å². The van der Waals surface area contributed by atoms with E-state index in [1.54, 1.807) is 0 Å². The van der Waals surface area contributed by atoms with Crippen molar-refractivity contribution in [2.45, 2.75) is 25.4 Å². The number of aromatic nitrogens is 1. The maximum atomic E-state index is 4.38. The summed E-state index contributed by atoms with van der Waals surface area (Å²) < 4.78 is 1.03. The number of nitrogens with one attached hydrogen (secondary N) is 2. The largest absolute Gasteiger partial charge is 0.367 e. The summed E-state index contributed by atoms with van der Waals surface area (Å²) in [7, 11) is 1.95. The molecule has 1 aromatic heterocycles. The van der Waals surface area contributed by atoms with E-state index < -0.39 is 0 Å². The molecule has 4 heteroatoms. The Hall–Kier alpha value is -0.610. The van der Waals surface area contributed by atoms with Crippen LogP contribution in [-0.4, -0.2) is 18.1 Å². The molecule has 0 amide bonds. The Morgan fingerprint density at radius 3 is 3.00 bits per heavy atom. The number of halogens is 1. The predicted octanol–water partition coefficient (Wildman–Crippen LogP) is 2.14. The smallest absolute Gasteiger partial charge is 0.130 e. The van der Waals surface area contributed by atoms with Crippen LogP contribution in [0.3, 0.4) is 0 Å². The lowest BCUT2D eigenvalue weighted by Crippen LogP contribution is -2.11. The summed E-state index contributed by atoms with van der Waals surface area (Å²) in [5.41, 5.74) is 1.22. The third-order valence-corrected chi connectivity index (χ3v) is 2.65. The maximum Gasteiger partial charge on any atom is 0.130 e. The molecule has 1 heterocycles. The van der Waals surface area contributed by atoms with Crippen LogP contribution in [0.5, 0.6) is 0 Å². The van der Waals surface area contributed by atoms with Gasteiger partial charge in [0.2, 0.25) is 0 Å². The highest BCUT2D eigenvalue weighted by Gasteiger charge is 2.22. The van der Waals surface area contributed by atoms with Crippen LogP contribution >= 0.6 is 15.9 Å². The molecule has 1 aliphatic rings. The van der Waals surface area contributed by atoms with Gasteiger partial charge in [0, 0.05) is 28.8 Å². The molecule has 14 heavy (non-hydrogen) atoms. The zero-order valence-electron chi connectivity index (χ0n) is 8.18. The normalized spacial score (nSPS) is 15.6. The molecule has 2 N–H and O–H groups in total. The number of hydrogen-bond acceptors (Lipinski definition) is 3. The molecule has 1 aromatic rings. The van der Waals surface area contributed by atoms with Gasteiger partial charge in [-0.2, -0.15) is 0 Å². The Bertz CT molecular complexity index is 323. The summed E-state index contributed by atoms with van der Waals surface area (Å²) in [6.45, 7) is 0.849. The molecule has 0 aromatic carbocycles. The second-order valence-electron chi connectivity index (χ2n) is 3.61. The summed E-state index contributed by atoms with van der Waals surface area (Å²) in [6, 6.07) is 2.76. The topological polar surface area (TPSA) is 37.0 Å². The fourth-order valence-electron chi connectivity index (χ4n) is 1.36. The van der Waals surface area contributed by atoms with Gasteiger partial charge in [-0.25, -0.2) is 4.98 Å². The molecule has 1 saturated carbocycles. The summed E-state index contributed by atoms with van der Waals surface area (Å²) in [4.78, 5) is 4.38. The highest BCUT2D eigenvalue weighted by atomic mass is 79.9. The average molecular weight is 256 g/mol. The Labute approximate surface area is 92.4 Å². The lowest BCUT2D eigenvalue weighted by Gasteiger charge is -2.10. The van der Waals surface area contributed by atoms with Crippen LogP contribution in [0.25, 0.3) is 0 Å². The van der Waals surface area contributed by atoms with E-state index >= 15 is 0 Å². The van der Waals surface area contributed by atoms with Crippen LogP contribution in [0.15, 0.2) is 16.7 Å². The zero-order valence-corrected chi connectivity index (χ0v) is 9.76. The molecule has 3 nitrogen and oxygen atoms in total. The molecule has 2 rings (SSSR count). The summed E-state index contributed by atoms with van der Waals surface area (Å²) in [5.74, 6) is 1.02. The third kappa shape index (κ3) is 2.45. The summed E-state index contributed by atoms with van der Waals surface area (Å²) in [6.07, 6.45) is 4.39. The molecule has 0 spiro atoms. The monoisotopic (exact) mass is 255 g/mol. The van der Waals surface area contributed by atoms with Gasteiger partial charge >= 0.3 is 0 Å². The Kier molecular flexibility index (Phi) is 3.03. The molecule has 1 aliphatic carbocycles. The first-order valence-electron chi connectivity index (χ1n) is 4.85. The molecule has 0 radical (unpaired) electrons. The zero-order chi connectivity index (χ0) is 9.97. The highest BCUT2D eigenvalue weighted by molar-refractivity contribution is 9.10. The van der Waals surface area contributed by atoms with Gasteiger partial charge in [0.15, 0.2) is 0 Å². The Morgan fingerprint density at radius 1 is 1.57 bits per heavy atom. The fourth-order valence-corrected chi connectivity index (χ4v) is 1.74. The first-order chi connectivity index (χ1) is 6.79. The van der Waals surface area contributed by atoms with Gasteiger partial charge in [-0.3, -0.25) is 0 Å². The van der Waals surface area contributed by atoms with Crippen molar-refractivity contribution in [3.8, 4) is 0 Å². The van der Waals surface area contributed by atoms with Gasteiger partial charge in [0.05, 0.1) is 0 Å². The van der Waals surface area contributed by atoms with Crippen LogP contribution in [0, 0.1) is 0 Å². The van der Waals surface area contributed by atoms with Crippen molar-refractivity contribution in [3.63, 3.8) is 0 Å². The minimum Gasteiger partial charge on any atom is -0.367 e. The highest BCUT2D eigenvalue weighted by Crippen LogP contribution is 2.26. The van der Waals surface area contributed by atoms with E-state index in [0.29, 0.717) is 6.04 Å². The second kappa shape index (κ2) is 4.28. The standard InChI is InChI=1S/C10H14BrN3/c1-12-5-7-4-8(11)6-13-10(7)14-9-2-3-9/h4,6,9,12H,2-3,5H2,1H3,(H,13,14). The van der Waals surface area contributed by atoms with Crippen LogP contribution in [0.1, 0.15) is 18.4 Å². The van der Waals surface area contributed by atoms with E-state index in [2.05, 4.69) is 37.6 Å². The molecule has 76 valence electrons. The lowest BCUT2D eigenvalue weighted by atomic mass is 10.2. The number of pyridine rings is 1. The van der Waals surface area contributed by atoms with E-state index in [4.69, 9.17) is 0 Å². The van der Waals surface area contributed by atoms with Crippen LogP contribution < -0.4 is 10.6 Å². The van der Waals surface area contributed by atoms with Crippen LogP contribution in [0.2, 0.25) is 0 Å². The van der Waals surface area contributed by atoms with Gasteiger partial charge in [-0.15, -0.1) is 0 Å². The van der Waals surface area contributed by atoms with E-state index in [0.717, 1.165) is 16.8 Å². The molecule has 0 aliphatic heterocycles. The molecule has 1 fully saturated rings. The number of nitrogens with zero attached hydrogens (tertiary/aromatic N) is 1. The van der Waals surface area contributed by atoms with Gasteiger partial charge in [0.1, 0.15) is 5.82 Å². The van der Waals surface area contributed by atoms with Crippen LogP contribution in [0.4, 0.5) is 5.82 Å². The molecule has 0 saturated heterocycles. The lowest BCUT2D eigenvalue weighted by molar-refractivity contribution is 0.812. The first-order valence-corrected chi connectivity index (χ1v) is 5.64. The summed E-state index contributed by atoms with van der Waals surface area (Å²) in [5, 5.41) is 6.57. The van der Waals surface area contributed by atoms with E-state index in [1.807, 2.05) is 13.2 Å². The Balaban J connectivity index is 2.17. The number of rotatable bonds is 4. The average Bonchev–Trinajstić information content (AvgIpc) is 2.94. The molecule has 0 unspecified atom stereocenters. The van der Waals surface area contributed by atoms with Gasteiger partial charge in [-0.05, 0) is 41.9 Å². The van der Waals surface area contributed by atoms with E-state index in [1.165, 1.54) is 18.4 Å². The second-order valence-corrected chi connectivity index (χ2v) is 4.53. The number of anilines is 1.